The molecule has 0 amide bonds. The highest BCUT2D eigenvalue weighted by molar-refractivity contribution is 7.32. The number of benzene rings is 4. The summed E-state index contributed by atoms with van der Waals surface area (Å²) in [5.41, 5.74) is 16.5. The van der Waals surface area contributed by atoms with E-state index in [1.807, 2.05) is 0 Å². The molecule has 2 aliphatic heterocycles. The first-order chi connectivity index (χ1) is 27.4. The number of anilines is 4. The first kappa shape index (κ1) is 40.9. The van der Waals surface area contributed by atoms with E-state index in [2.05, 4.69) is 205 Å². The molecule has 2 nitrogen and oxygen atoms in total. The molecule has 1 saturated carbocycles. The van der Waals surface area contributed by atoms with E-state index < -0.39 is 0 Å². The number of nitrogens with zero attached hydrogens (tertiary/aromatic N) is 2. The van der Waals surface area contributed by atoms with Crippen molar-refractivity contribution in [2.24, 2.45) is 11.8 Å². The second kappa shape index (κ2) is 13.3. The lowest BCUT2D eigenvalue weighted by Gasteiger charge is -2.60. The molecule has 310 valence electrons. The van der Waals surface area contributed by atoms with Crippen molar-refractivity contribution in [1.29, 1.82) is 0 Å². The van der Waals surface area contributed by atoms with Gasteiger partial charge in [-0.3, -0.25) is 0 Å². The van der Waals surface area contributed by atoms with Gasteiger partial charge in [-0.2, -0.15) is 0 Å². The molecule has 0 bridgehead atoms. The third kappa shape index (κ3) is 6.38. The lowest BCUT2D eigenvalue weighted by molar-refractivity contribution is 0.212. The van der Waals surface area contributed by atoms with Crippen molar-refractivity contribution in [2.75, 3.05) is 9.80 Å². The SMILES string of the molecule is Cc1cc(C(C)(C)C)ccc1N1c2c(sc3cc4c(cc23)C(C)(C)CCC4(C)C)B2c3ccc(C(C)(C)C)cc3N(c3cccc(C(C)(C)C)c3)C3C(C)C(C)CC1C23. The summed E-state index contributed by atoms with van der Waals surface area (Å²) in [5, 5.41) is 1.48. The van der Waals surface area contributed by atoms with E-state index >= 15 is 0 Å². The van der Waals surface area contributed by atoms with Gasteiger partial charge in [0, 0.05) is 44.0 Å². The van der Waals surface area contributed by atoms with Crippen LogP contribution in [-0.4, -0.2) is 18.8 Å². The number of rotatable bonds is 2. The smallest absolute Gasteiger partial charge is 0.235 e. The number of hydrogen-bond donors (Lipinski definition) is 0. The Bertz CT molecular complexity index is 2480. The molecular weight excluding hydrogens is 731 g/mol. The monoisotopic (exact) mass is 803 g/mol. The largest absolute Gasteiger partial charge is 0.339 e. The lowest BCUT2D eigenvalue weighted by Crippen LogP contribution is -2.70. The van der Waals surface area contributed by atoms with E-state index in [1.165, 1.54) is 79.8 Å². The highest BCUT2D eigenvalue weighted by Gasteiger charge is 2.59. The molecular formula is C55H71BN2S. The fraction of sp³-hybridized carbons (Fsp3) is 0.527. The Morgan fingerprint density at radius 3 is 1.88 bits per heavy atom. The number of hydrogen-bond acceptors (Lipinski definition) is 3. The summed E-state index contributed by atoms with van der Waals surface area (Å²) < 4.78 is 3.05. The molecule has 1 aromatic heterocycles. The molecule has 0 saturated heterocycles. The summed E-state index contributed by atoms with van der Waals surface area (Å²) in [5.74, 6) is 1.48. The Labute approximate surface area is 362 Å². The molecule has 2 aliphatic carbocycles. The van der Waals surface area contributed by atoms with E-state index in [1.54, 1.807) is 15.9 Å². The summed E-state index contributed by atoms with van der Waals surface area (Å²) in [6.45, 7) is 39.1. The summed E-state index contributed by atoms with van der Waals surface area (Å²) >= 11 is 2.13. The molecule has 9 rings (SSSR count). The Morgan fingerprint density at radius 2 is 1.25 bits per heavy atom. The average molecular weight is 803 g/mol. The van der Waals surface area contributed by atoms with Gasteiger partial charge in [0.15, 0.2) is 0 Å². The van der Waals surface area contributed by atoms with Crippen molar-refractivity contribution in [3.63, 3.8) is 0 Å². The summed E-state index contributed by atoms with van der Waals surface area (Å²) in [6.07, 6.45) is 3.64. The Balaban J connectivity index is 1.39. The second-order valence-electron chi connectivity index (χ2n) is 24.0. The predicted octanol–water partition coefficient (Wildman–Crippen LogP) is 14.1. The van der Waals surface area contributed by atoms with Gasteiger partial charge < -0.3 is 9.80 Å². The minimum absolute atomic E-state index is 0.0420. The van der Waals surface area contributed by atoms with Crippen LogP contribution in [0.1, 0.15) is 156 Å². The Kier molecular flexibility index (Phi) is 9.18. The fourth-order valence-corrected chi connectivity index (χ4v) is 13.2. The zero-order chi connectivity index (χ0) is 42.5. The van der Waals surface area contributed by atoms with Gasteiger partial charge >= 0.3 is 0 Å². The number of aryl methyl sites for hydroxylation is 1. The van der Waals surface area contributed by atoms with Crippen molar-refractivity contribution in [3.05, 3.63) is 106 Å². The number of thiophene rings is 1. The fourth-order valence-electron chi connectivity index (χ4n) is 11.9. The van der Waals surface area contributed by atoms with Gasteiger partial charge in [-0.1, -0.05) is 140 Å². The van der Waals surface area contributed by atoms with Crippen LogP contribution in [0.4, 0.5) is 22.7 Å². The highest BCUT2D eigenvalue weighted by atomic mass is 32.1. The topological polar surface area (TPSA) is 6.48 Å². The van der Waals surface area contributed by atoms with Crippen LogP contribution in [0.25, 0.3) is 10.1 Å². The quantitative estimate of drug-likeness (QED) is 0.164. The summed E-state index contributed by atoms with van der Waals surface area (Å²) in [7, 11) is 0. The van der Waals surface area contributed by atoms with Gasteiger partial charge in [0.05, 0.1) is 5.69 Å². The summed E-state index contributed by atoms with van der Waals surface area (Å²) in [6, 6.07) is 30.8. The van der Waals surface area contributed by atoms with Crippen LogP contribution >= 0.6 is 11.3 Å². The maximum atomic E-state index is 2.93. The van der Waals surface area contributed by atoms with Crippen molar-refractivity contribution in [3.8, 4) is 0 Å². The second-order valence-corrected chi connectivity index (χ2v) is 25.1. The molecule has 5 aromatic rings. The van der Waals surface area contributed by atoms with Crippen molar-refractivity contribution < 1.29 is 0 Å². The molecule has 4 heteroatoms. The van der Waals surface area contributed by atoms with E-state index in [-0.39, 0.29) is 27.1 Å². The van der Waals surface area contributed by atoms with Gasteiger partial charge in [0.1, 0.15) is 0 Å². The normalized spacial score (nSPS) is 24.7. The van der Waals surface area contributed by atoms with Gasteiger partial charge in [-0.05, 0) is 146 Å². The maximum Gasteiger partial charge on any atom is 0.235 e. The minimum atomic E-state index is 0.0420. The van der Waals surface area contributed by atoms with Crippen LogP contribution in [0.2, 0.25) is 5.82 Å². The lowest BCUT2D eigenvalue weighted by atomic mass is 9.28. The molecule has 0 N–H and O–H groups in total. The number of fused-ring (bicyclic) bond motifs is 7. The zero-order valence-electron chi connectivity index (χ0n) is 39.3. The van der Waals surface area contributed by atoms with Gasteiger partial charge in [0.2, 0.25) is 6.71 Å². The van der Waals surface area contributed by atoms with Crippen LogP contribution < -0.4 is 20.0 Å². The first-order valence-corrected chi connectivity index (χ1v) is 23.8. The third-order valence-electron chi connectivity index (χ3n) is 15.9. The van der Waals surface area contributed by atoms with E-state index in [0.717, 1.165) is 0 Å². The molecule has 0 spiro atoms. The van der Waals surface area contributed by atoms with E-state index in [4.69, 9.17) is 0 Å². The highest BCUT2D eigenvalue weighted by Crippen LogP contribution is 2.58. The summed E-state index contributed by atoms with van der Waals surface area (Å²) in [4.78, 5) is 5.79. The van der Waals surface area contributed by atoms with Gasteiger partial charge in [-0.25, -0.2) is 0 Å². The predicted molar refractivity (Wildman–Crippen MR) is 261 cm³/mol. The van der Waals surface area contributed by atoms with Crippen LogP contribution in [0, 0.1) is 18.8 Å². The van der Waals surface area contributed by atoms with Crippen LogP contribution in [-0.2, 0) is 27.1 Å². The van der Waals surface area contributed by atoms with Gasteiger partial charge in [0.25, 0.3) is 0 Å². The molecule has 5 unspecified atom stereocenters. The van der Waals surface area contributed by atoms with Crippen molar-refractivity contribution in [1.82, 2.24) is 0 Å². The molecule has 4 aromatic carbocycles. The standard InChI is InChI=1S/C55H71BN2S/c1-32-27-45-47-48(34(32)3)57(38-19-17-18-35(28-38)51(4,5)6)44-29-37(53(10,11)12)20-22-42(44)56(47)50-49(58(45)43-23-21-36(26-33(43)2)52(7,8)9)39-30-40-41(31-46(39)59-50)55(15,16)25-24-54(40,13)14/h17-23,26,28-32,34,45,47-48H,24-25,27H2,1-16H3. The molecule has 5 atom stereocenters. The maximum absolute atomic E-state index is 2.93. The zero-order valence-corrected chi connectivity index (χ0v) is 40.1. The molecule has 59 heavy (non-hydrogen) atoms. The molecule has 1 fully saturated rings. The Morgan fingerprint density at radius 1 is 0.661 bits per heavy atom. The average Bonchev–Trinajstić information content (AvgIpc) is 3.52. The van der Waals surface area contributed by atoms with Crippen LogP contribution in [0.3, 0.4) is 0 Å². The third-order valence-corrected chi connectivity index (χ3v) is 17.1. The molecule has 4 aliphatic rings. The minimum Gasteiger partial charge on any atom is -0.339 e. The van der Waals surface area contributed by atoms with Crippen LogP contribution in [0.5, 0.6) is 0 Å². The molecule has 3 heterocycles. The van der Waals surface area contributed by atoms with Crippen molar-refractivity contribution in [2.45, 2.75) is 175 Å². The van der Waals surface area contributed by atoms with E-state index in [0.29, 0.717) is 36.4 Å². The van der Waals surface area contributed by atoms with Crippen molar-refractivity contribution >= 4 is 61.1 Å². The first-order valence-electron chi connectivity index (χ1n) is 22.9. The van der Waals surface area contributed by atoms with Crippen LogP contribution in [0.15, 0.2) is 72.8 Å². The Hall–Kier alpha value is -3.50. The molecule has 0 radical (unpaired) electrons. The van der Waals surface area contributed by atoms with Gasteiger partial charge in [-0.15, -0.1) is 11.3 Å². The van der Waals surface area contributed by atoms with E-state index in [9.17, 15) is 0 Å².